The van der Waals surface area contributed by atoms with Gasteiger partial charge in [0.1, 0.15) is 0 Å². The molecule has 1 aliphatic heterocycles. The summed E-state index contributed by atoms with van der Waals surface area (Å²) >= 11 is 0. The third-order valence-corrected chi connectivity index (χ3v) is 3.80. The van der Waals surface area contributed by atoms with E-state index in [4.69, 9.17) is 4.74 Å². The molecule has 106 valence electrons. The summed E-state index contributed by atoms with van der Waals surface area (Å²) in [6.45, 7) is 19.7. The van der Waals surface area contributed by atoms with Crippen LogP contribution in [-0.2, 0) is 4.74 Å². The van der Waals surface area contributed by atoms with Crippen LogP contribution in [0.1, 0.15) is 48.0 Å². The molecule has 2 heteroatoms. The fourth-order valence-corrected chi connectivity index (χ4v) is 2.59. The molecule has 1 aliphatic rings. The van der Waals surface area contributed by atoms with E-state index in [-0.39, 0.29) is 0 Å². The van der Waals surface area contributed by atoms with Crippen molar-refractivity contribution in [1.82, 2.24) is 4.90 Å². The summed E-state index contributed by atoms with van der Waals surface area (Å²) in [6, 6.07) is 1.07. The Hall–Kier alpha value is -0.340. The molecule has 1 saturated heterocycles. The molecule has 0 radical (unpaired) electrons. The molecule has 0 aliphatic carbocycles. The number of ether oxygens (including phenoxy) is 1. The molecule has 0 aromatic heterocycles. The summed E-state index contributed by atoms with van der Waals surface area (Å²) < 4.78 is 6.02. The lowest BCUT2D eigenvalue weighted by Crippen LogP contribution is -2.37. The first kappa shape index (κ1) is 15.7. The van der Waals surface area contributed by atoms with Crippen LogP contribution in [0.25, 0.3) is 0 Å². The maximum absolute atomic E-state index is 6.02. The number of nitrogens with zero attached hydrogens (tertiary/aromatic N) is 1. The van der Waals surface area contributed by atoms with E-state index in [1.54, 1.807) is 0 Å². The molecule has 0 unspecified atom stereocenters. The summed E-state index contributed by atoms with van der Waals surface area (Å²) in [5.74, 6) is 1.17. The zero-order valence-electron chi connectivity index (χ0n) is 13.1. The molecule has 0 amide bonds. The largest absolute Gasteiger partial charge is 0.377 e. The van der Waals surface area contributed by atoms with Gasteiger partial charge in [0.25, 0.3) is 0 Å². The van der Waals surface area contributed by atoms with Gasteiger partial charge in [-0.3, -0.25) is 4.90 Å². The van der Waals surface area contributed by atoms with Crippen molar-refractivity contribution in [3.05, 3.63) is 12.2 Å². The van der Waals surface area contributed by atoms with Crippen molar-refractivity contribution in [1.29, 1.82) is 0 Å². The Morgan fingerprint density at radius 3 is 2.28 bits per heavy atom. The van der Waals surface area contributed by atoms with Gasteiger partial charge in [0.2, 0.25) is 0 Å². The topological polar surface area (TPSA) is 12.5 Å². The van der Waals surface area contributed by atoms with Gasteiger partial charge in [0.05, 0.1) is 6.10 Å². The van der Waals surface area contributed by atoms with Gasteiger partial charge in [-0.05, 0) is 32.1 Å². The van der Waals surface area contributed by atoms with Gasteiger partial charge >= 0.3 is 0 Å². The average Bonchev–Trinajstić information content (AvgIpc) is 2.69. The highest BCUT2D eigenvalue weighted by Crippen LogP contribution is 2.30. The first-order valence-corrected chi connectivity index (χ1v) is 7.39. The number of hydrogen-bond donors (Lipinski definition) is 0. The minimum Gasteiger partial charge on any atom is -0.377 e. The van der Waals surface area contributed by atoms with Crippen LogP contribution in [0, 0.1) is 11.8 Å². The molecular formula is C16H31NO. The summed E-state index contributed by atoms with van der Waals surface area (Å²) in [7, 11) is 0. The molecule has 0 aromatic carbocycles. The van der Waals surface area contributed by atoms with Crippen molar-refractivity contribution in [3.63, 3.8) is 0 Å². The molecule has 2 nitrogen and oxygen atoms in total. The van der Waals surface area contributed by atoms with Gasteiger partial charge in [-0.1, -0.05) is 39.8 Å². The predicted molar refractivity (Wildman–Crippen MR) is 78.8 cm³/mol. The minimum absolute atomic E-state index is 0.385. The molecule has 18 heavy (non-hydrogen) atoms. The second-order valence-corrected chi connectivity index (χ2v) is 6.62. The zero-order valence-corrected chi connectivity index (χ0v) is 13.1. The molecule has 2 atom stereocenters. The van der Waals surface area contributed by atoms with Gasteiger partial charge < -0.3 is 4.74 Å². The molecular weight excluding hydrogens is 222 g/mol. The van der Waals surface area contributed by atoms with Crippen molar-refractivity contribution < 1.29 is 4.74 Å². The third kappa shape index (κ3) is 4.10. The van der Waals surface area contributed by atoms with E-state index in [9.17, 15) is 0 Å². The fourth-order valence-electron chi connectivity index (χ4n) is 2.59. The Labute approximate surface area is 113 Å². The highest BCUT2D eigenvalue weighted by atomic mass is 16.5. The third-order valence-electron chi connectivity index (χ3n) is 3.80. The molecule has 0 spiro atoms. The smallest absolute Gasteiger partial charge is 0.0720 e. The lowest BCUT2D eigenvalue weighted by Gasteiger charge is -2.30. The Morgan fingerprint density at radius 1 is 1.22 bits per heavy atom. The van der Waals surface area contributed by atoms with Crippen LogP contribution in [-0.4, -0.2) is 36.2 Å². The highest BCUT2D eigenvalue weighted by molar-refractivity contribution is 5.13. The molecule has 0 bridgehead atoms. The summed E-state index contributed by atoms with van der Waals surface area (Å²) in [4.78, 5) is 2.55. The molecule has 0 N–H and O–H groups in total. The maximum Gasteiger partial charge on any atom is 0.0720 e. The SMILES string of the molecule is C=C(C(C)C)[C@@H]1C[C@@H](OCC(C)C)CN1C(C)C. The first-order valence-electron chi connectivity index (χ1n) is 7.39. The number of rotatable bonds is 6. The molecule has 1 fully saturated rings. The van der Waals surface area contributed by atoms with Gasteiger partial charge in [-0.15, -0.1) is 0 Å². The summed E-state index contributed by atoms with van der Waals surface area (Å²) in [6.07, 6.45) is 1.50. The number of hydrogen-bond acceptors (Lipinski definition) is 2. The van der Waals surface area contributed by atoms with E-state index in [0.717, 1.165) is 19.6 Å². The van der Waals surface area contributed by atoms with Crippen molar-refractivity contribution in [2.24, 2.45) is 11.8 Å². The monoisotopic (exact) mass is 253 g/mol. The van der Waals surface area contributed by atoms with Crippen LogP contribution in [0.5, 0.6) is 0 Å². The zero-order chi connectivity index (χ0) is 13.9. The second-order valence-electron chi connectivity index (χ2n) is 6.62. The molecule has 1 heterocycles. The molecule has 0 saturated carbocycles. The maximum atomic E-state index is 6.02. The van der Waals surface area contributed by atoms with E-state index in [2.05, 4.69) is 53.0 Å². The van der Waals surface area contributed by atoms with Crippen LogP contribution >= 0.6 is 0 Å². The summed E-state index contributed by atoms with van der Waals surface area (Å²) in [5.41, 5.74) is 1.36. The van der Waals surface area contributed by atoms with Crippen LogP contribution in [0.15, 0.2) is 12.2 Å². The van der Waals surface area contributed by atoms with Crippen LogP contribution in [0.2, 0.25) is 0 Å². The van der Waals surface area contributed by atoms with Gasteiger partial charge in [-0.2, -0.15) is 0 Å². The van der Waals surface area contributed by atoms with E-state index >= 15 is 0 Å². The minimum atomic E-state index is 0.385. The Balaban J connectivity index is 2.62. The standard InChI is InChI=1S/C16H31NO/c1-11(2)10-18-15-8-16(14(7)12(3)4)17(9-15)13(5)6/h11-13,15-16H,7-10H2,1-6H3/t15-,16+/m1/s1. The Bertz CT molecular complexity index is 270. The summed E-state index contributed by atoms with van der Waals surface area (Å²) in [5, 5.41) is 0. The van der Waals surface area contributed by atoms with E-state index in [1.807, 2.05) is 0 Å². The first-order chi connectivity index (χ1) is 8.32. The van der Waals surface area contributed by atoms with E-state index < -0.39 is 0 Å². The lowest BCUT2D eigenvalue weighted by molar-refractivity contribution is 0.0397. The van der Waals surface area contributed by atoms with Crippen LogP contribution in [0.4, 0.5) is 0 Å². The molecule has 1 rings (SSSR count). The second kappa shape index (κ2) is 6.72. The van der Waals surface area contributed by atoms with Gasteiger partial charge in [0.15, 0.2) is 0 Å². The average molecular weight is 253 g/mol. The quantitative estimate of drug-likeness (QED) is 0.669. The Kier molecular flexibility index (Phi) is 5.87. The van der Waals surface area contributed by atoms with Gasteiger partial charge in [-0.25, -0.2) is 0 Å². The predicted octanol–water partition coefficient (Wildman–Crippen LogP) is 3.72. The van der Waals surface area contributed by atoms with Gasteiger partial charge in [0, 0.05) is 25.2 Å². The van der Waals surface area contributed by atoms with E-state index in [1.165, 1.54) is 5.57 Å². The lowest BCUT2D eigenvalue weighted by atomic mass is 9.95. The van der Waals surface area contributed by atoms with Crippen LogP contribution < -0.4 is 0 Å². The van der Waals surface area contributed by atoms with E-state index in [0.29, 0.717) is 30.0 Å². The fraction of sp³-hybridized carbons (Fsp3) is 0.875. The van der Waals surface area contributed by atoms with Crippen molar-refractivity contribution in [3.8, 4) is 0 Å². The highest BCUT2D eigenvalue weighted by Gasteiger charge is 2.36. The van der Waals surface area contributed by atoms with Crippen molar-refractivity contribution in [2.45, 2.75) is 66.2 Å². The van der Waals surface area contributed by atoms with Crippen molar-refractivity contribution in [2.75, 3.05) is 13.2 Å². The van der Waals surface area contributed by atoms with Crippen LogP contribution in [0.3, 0.4) is 0 Å². The Morgan fingerprint density at radius 2 is 1.83 bits per heavy atom. The molecule has 0 aromatic rings. The number of likely N-dealkylation sites (tertiary alicyclic amines) is 1. The van der Waals surface area contributed by atoms with Crippen molar-refractivity contribution >= 4 is 0 Å². The normalized spacial score (nSPS) is 25.6.